The smallest absolute Gasteiger partial charge is 0.222 e. The molecule has 1 atom stereocenters. The number of carbonyl (C=O) groups is 1. The molecule has 1 amide bonds. The van der Waals surface area contributed by atoms with Gasteiger partial charge in [-0.15, -0.1) is 0 Å². The standard InChI is InChI=1S/C18H24ClFN2O/c1-13-6-7-16(20)15(18(13)19)12-21-8-2-4-14(10-21)11-22-9-3-5-17(22)23/h6-7,14H,2-5,8-12H2,1H3. The number of carbonyl (C=O) groups excluding carboxylic acids is 1. The fourth-order valence-corrected chi connectivity index (χ4v) is 3.95. The third-order valence-corrected chi connectivity index (χ3v) is 5.54. The van der Waals surface area contributed by atoms with Crippen LogP contribution >= 0.6 is 11.6 Å². The maximum Gasteiger partial charge on any atom is 0.222 e. The van der Waals surface area contributed by atoms with E-state index < -0.39 is 0 Å². The van der Waals surface area contributed by atoms with Gasteiger partial charge in [0.15, 0.2) is 0 Å². The summed E-state index contributed by atoms with van der Waals surface area (Å²) in [5, 5.41) is 0.543. The lowest BCUT2D eigenvalue weighted by Crippen LogP contribution is -2.41. The van der Waals surface area contributed by atoms with Gasteiger partial charge in [-0.1, -0.05) is 17.7 Å². The van der Waals surface area contributed by atoms with Crippen molar-refractivity contribution in [1.82, 2.24) is 9.80 Å². The predicted molar refractivity (Wildman–Crippen MR) is 90.0 cm³/mol. The third-order valence-electron chi connectivity index (χ3n) is 5.01. The Morgan fingerprint density at radius 2 is 2.13 bits per heavy atom. The highest BCUT2D eigenvalue weighted by molar-refractivity contribution is 6.32. The van der Waals surface area contributed by atoms with E-state index >= 15 is 0 Å². The van der Waals surface area contributed by atoms with Gasteiger partial charge in [0.2, 0.25) is 5.91 Å². The summed E-state index contributed by atoms with van der Waals surface area (Å²) in [6, 6.07) is 3.22. The van der Waals surface area contributed by atoms with E-state index in [1.165, 1.54) is 6.07 Å². The SMILES string of the molecule is Cc1ccc(F)c(CN2CCCC(CN3CCCC3=O)C2)c1Cl. The average Bonchev–Trinajstić information content (AvgIpc) is 2.93. The van der Waals surface area contributed by atoms with E-state index in [0.29, 0.717) is 29.5 Å². The van der Waals surface area contributed by atoms with Crippen LogP contribution in [0.15, 0.2) is 12.1 Å². The van der Waals surface area contributed by atoms with Gasteiger partial charge in [-0.25, -0.2) is 4.39 Å². The zero-order valence-electron chi connectivity index (χ0n) is 13.7. The minimum Gasteiger partial charge on any atom is -0.342 e. The first-order valence-electron chi connectivity index (χ1n) is 8.48. The van der Waals surface area contributed by atoms with E-state index in [0.717, 1.165) is 51.0 Å². The van der Waals surface area contributed by atoms with Crippen LogP contribution in [0, 0.1) is 18.7 Å². The quantitative estimate of drug-likeness (QED) is 0.837. The van der Waals surface area contributed by atoms with Crippen molar-refractivity contribution >= 4 is 17.5 Å². The molecule has 3 nitrogen and oxygen atoms in total. The summed E-state index contributed by atoms with van der Waals surface area (Å²) in [4.78, 5) is 16.1. The van der Waals surface area contributed by atoms with Crippen molar-refractivity contribution in [2.45, 2.75) is 39.2 Å². The van der Waals surface area contributed by atoms with Gasteiger partial charge in [0, 0.05) is 38.2 Å². The summed E-state index contributed by atoms with van der Waals surface area (Å²) >= 11 is 6.29. The number of nitrogens with zero attached hydrogens (tertiary/aromatic N) is 2. The van der Waals surface area contributed by atoms with Gasteiger partial charge in [-0.05, 0) is 50.3 Å². The van der Waals surface area contributed by atoms with E-state index in [4.69, 9.17) is 11.6 Å². The molecular formula is C18H24ClFN2O. The Hall–Kier alpha value is -1.13. The van der Waals surface area contributed by atoms with Gasteiger partial charge in [-0.2, -0.15) is 0 Å². The molecule has 1 aromatic carbocycles. The fraction of sp³-hybridized carbons (Fsp3) is 0.611. The van der Waals surface area contributed by atoms with Crippen LogP contribution in [0.3, 0.4) is 0 Å². The summed E-state index contributed by atoms with van der Waals surface area (Å²) in [5.41, 5.74) is 1.52. The Morgan fingerprint density at radius 3 is 2.87 bits per heavy atom. The summed E-state index contributed by atoms with van der Waals surface area (Å²) in [5.74, 6) is 0.546. The molecule has 126 valence electrons. The van der Waals surface area contributed by atoms with E-state index in [9.17, 15) is 9.18 Å². The second kappa shape index (κ2) is 7.18. The molecule has 0 aliphatic carbocycles. The number of hydrogen-bond acceptors (Lipinski definition) is 2. The molecule has 2 aliphatic rings. The molecule has 2 aliphatic heterocycles. The Balaban J connectivity index is 1.63. The Labute approximate surface area is 142 Å². The van der Waals surface area contributed by atoms with Crippen LogP contribution < -0.4 is 0 Å². The van der Waals surface area contributed by atoms with E-state index in [-0.39, 0.29) is 11.7 Å². The van der Waals surface area contributed by atoms with Crippen LogP contribution in [0.1, 0.15) is 36.8 Å². The van der Waals surface area contributed by atoms with Gasteiger partial charge >= 0.3 is 0 Å². The Kier molecular flexibility index (Phi) is 5.22. The summed E-state index contributed by atoms with van der Waals surface area (Å²) in [6.07, 6.45) is 3.92. The van der Waals surface area contributed by atoms with Gasteiger partial charge in [-0.3, -0.25) is 9.69 Å². The van der Waals surface area contributed by atoms with Gasteiger partial charge < -0.3 is 4.90 Å². The number of hydrogen-bond donors (Lipinski definition) is 0. The zero-order valence-corrected chi connectivity index (χ0v) is 14.4. The normalized spacial score (nSPS) is 22.8. The number of aryl methyl sites for hydroxylation is 1. The van der Waals surface area contributed by atoms with Crippen molar-refractivity contribution in [2.24, 2.45) is 5.92 Å². The molecule has 1 unspecified atom stereocenters. The largest absolute Gasteiger partial charge is 0.342 e. The third kappa shape index (κ3) is 3.86. The van der Waals surface area contributed by atoms with Gasteiger partial charge in [0.1, 0.15) is 5.82 Å². The monoisotopic (exact) mass is 338 g/mol. The molecule has 0 saturated carbocycles. The summed E-state index contributed by atoms with van der Waals surface area (Å²) < 4.78 is 14.1. The summed E-state index contributed by atoms with van der Waals surface area (Å²) in [6.45, 7) is 6.08. The van der Waals surface area contributed by atoms with Crippen molar-refractivity contribution in [2.75, 3.05) is 26.2 Å². The van der Waals surface area contributed by atoms with Crippen LogP contribution in [0.4, 0.5) is 4.39 Å². The lowest BCUT2D eigenvalue weighted by atomic mass is 9.96. The molecule has 3 rings (SSSR count). The highest BCUT2D eigenvalue weighted by Crippen LogP contribution is 2.27. The molecule has 0 bridgehead atoms. The second-order valence-electron chi connectivity index (χ2n) is 6.84. The topological polar surface area (TPSA) is 23.6 Å². The Bertz CT molecular complexity index is 593. The van der Waals surface area contributed by atoms with Crippen LogP contribution in [0.25, 0.3) is 0 Å². The minimum atomic E-state index is -0.225. The zero-order chi connectivity index (χ0) is 16.4. The molecule has 2 saturated heterocycles. The van der Waals surface area contributed by atoms with Crippen molar-refractivity contribution in [3.63, 3.8) is 0 Å². The van der Waals surface area contributed by atoms with Gasteiger partial charge in [0.05, 0.1) is 5.02 Å². The number of amides is 1. The highest BCUT2D eigenvalue weighted by Gasteiger charge is 2.27. The van der Waals surface area contributed by atoms with Crippen molar-refractivity contribution in [3.05, 3.63) is 34.1 Å². The maximum atomic E-state index is 14.1. The summed E-state index contributed by atoms with van der Waals surface area (Å²) in [7, 11) is 0. The molecule has 23 heavy (non-hydrogen) atoms. The average molecular weight is 339 g/mol. The fourth-order valence-electron chi connectivity index (χ4n) is 3.74. The molecule has 0 N–H and O–H groups in total. The number of piperidine rings is 1. The molecular weight excluding hydrogens is 315 g/mol. The first kappa shape index (κ1) is 16.7. The van der Waals surface area contributed by atoms with Crippen molar-refractivity contribution in [3.8, 4) is 0 Å². The second-order valence-corrected chi connectivity index (χ2v) is 7.22. The Morgan fingerprint density at radius 1 is 1.30 bits per heavy atom. The van der Waals surface area contributed by atoms with E-state index in [2.05, 4.69) is 4.90 Å². The first-order chi connectivity index (χ1) is 11.0. The van der Waals surface area contributed by atoms with Crippen LogP contribution in [-0.2, 0) is 11.3 Å². The molecule has 0 aromatic heterocycles. The van der Waals surface area contributed by atoms with Crippen LogP contribution in [0.5, 0.6) is 0 Å². The number of likely N-dealkylation sites (tertiary alicyclic amines) is 2. The molecule has 0 spiro atoms. The van der Waals surface area contributed by atoms with Crippen LogP contribution in [-0.4, -0.2) is 41.9 Å². The number of rotatable bonds is 4. The van der Waals surface area contributed by atoms with Gasteiger partial charge in [0.25, 0.3) is 0 Å². The minimum absolute atomic E-state index is 0.225. The van der Waals surface area contributed by atoms with Crippen molar-refractivity contribution in [1.29, 1.82) is 0 Å². The number of halogens is 2. The molecule has 0 radical (unpaired) electrons. The number of benzene rings is 1. The predicted octanol–water partition coefficient (Wildman–Crippen LogP) is 3.62. The molecule has 2 fully saturated rings. The van der Waals surface area contributed by atoms with E-state index in [1.54, 1.807) is 6.07 Å². The maximum absolute atomic E-state index is 14.1. The lowest BCUT2D eigenvalue weighted by molar-refractivity contribution is -0.128. The molecule has 5 heteroatoms. The first-order valence-corrected chi connectivity index (χ1v) is 8.86. The van der Waals surface area contributed by atoms with E-state index in [1.807, 2.05) is 11.8 Å². The van der Waals surface area contributed by atoms with Crippen molar-refractivity contribution < 1.29 is 9.18 Å². The molecule has 2 heterocycles. The highest BCUT2D eigenvalue weighted by atomic mass is 35.5. The lowest BCUT2D eigenvalue weighted by Gasteiger charge is -2.35. The molecule has 1 aromatic rings. The van der Waals surface area contributed by atoms with Crippen LogP contribution in [0.2, 0.25) is 5.02 Å².